The van der Waals surface area contributed by atoms with E-state index in [1.54, 1.807) is 0 Å². The fraction of sp³-hybridized carbons (Fsp3) is 0.400. The van der Waals surface area contributed by atoms with Gasteiger partial charge in [0.15, 0.2) is 5.75 Å². The van der Waals surface area contributed by atoms with Crippen LogP contribution in [0, 0.1) is 0 Å². The molecule has 10 heteroatoms. The third-order valence-electron chi connectivity index (χ3n) is 2.08. The second-order valence-corrected chi connectivity index (χ2v) is 3.80. The molecule has 0 saturated carbocycles. The molecule has 0 aliphatic rings. The minimum atomic E-state index is -5.18. The summed E-state index contributed by atoms with van der Waals surface area (Å²) >= 11 is 5.43. The summed E-state index contributed by atoms with van der Waals surface area (Å²) in [6.45, 7) is 0. The van der Waals surface area contributed by atoms with Crippen LogP contribution in [0.1, 0.15) is 23.4 Å². The number of carboxylic acid groups (broad SMARTS) is 1. The molecule has 0 saturated heterocycles. The lowest BCUT2D eigenvalue weighted by molar-refractivity contribution is -0.275. The van der Waals surface area contributed by atoms with E-state index in [0.29, 0.717) is 6.07 Å². The Balaban J connectivity index is 3.33. The zero-order valence-corrected chi connectivity index (χ0v) is 10.3. The maximum Gasteiger partial charge on any atom is 0.573 e. The van der Waals surface area contributed by atoms with Crippen LogP contribution in [0.3, 0.4) is 0 Å². The highest BCUT2D eigenvalue weighted by atomic mass is 35.5. The molecule has 1 heterocycles. The van der Waals surface area contributed by atoms with E-state index in [9.17, 15) is 26.7 Å². The molecular weight excluding hydrogens is 313 g/mol. The molecule has 0 unspecified atom stereocenters. The number of hydrogen-bond donors (Lipinski definition) is 1. The van der Waals surface area contributed by atoms with Crippen molar-refractivity contribution >= 4 is 17.6 Å². The van der Waals surface area contributed by atoms with Gasteiger partial charge in [-0.05, 0) is 11.6 Å². The van der Waals surface area contributed by atoms with Crippen LogP contribution in [-0.4, -0.2) is 22.4 Å². The van der Waals surface area contributed by atoms with E-state index < -0.39 is 42.5 Å². The number of pyridine rings is 1. The van der Waals surface area contributed by atoms with Gasteiger partial charge in [-0.2, -0.15) is 0 Å². The number of carbonyl (C=O) groups is 1. The van der Waals surface area contributed by atoms with E-state index in [-0.39, 0.29) is 11.3 Å². The van der Waals surface area contributed by atoms with Crippen LogP contribution in [0.5, 0.6) is 5.75 Å². The standard InChI is InChI=1S/C10H7ClF5NO3/c11-3-4-1-6(20-10(14,15)16)8(9(12)13)17-5(4)2-7(18)19/h1,9H,2-3H2,(H,18,19). The molecule has 112 valence electrons. The van der Waals surface area contributed by atoms with Crippen LogP contribution in [0.4, 0.5) is 22.0 Å². The number of alkyl halides is 6. The first kappa shape index (κ1) is 16.4. The number of ether oxygens (including phenoxy) is 1. The minimum absolute atomic E-state index is 0.127. The molecule has 0 bridgehead atoms. The summed E-state index contributed by atoms with van der Waals surface area (Å²) in [7, 11) is 0. The van der Waals surface area contributed by atoms with Crippen molar-refractivity contribution in [2.45, 2.75) is 25.1 Å². The first-order valence-electron chi connectivity index (χ1n) is 4.98. The van der Waals surface area contributed by atoms with Crippen molar-refractivity contribution in [1.82, 2.24) is 4.98 Å². The number of halogens is 6. The second-order valence-electron chi connectivity index (χ2n) is 3.53. The highest BCUT2D eigenvalue weighted by molar-refractivity contribution is 6.17. The van der Waals surface area contributed by atoms with E-state index in [1.165, 1.54) is 0 Å². The molecule has 0 spiro atoms. The van der Waals surface area contributed by atoms with Gasteiger partial charge in [0, 0.05) is 5.88 Å². The molecular formula is C10H7ClF5NO3. The molecule has 0 aromatic carbocycles. The maximum atomic E-state index is 12.7. The Bertz CT molecular complexity index is 506. The predicted molar refractivity (Wildman–Crippen MR) is 56.8 cm³/mol. The van der Waals surface area contributed by atoms with Gasteiger partial charge in [-0.3, -0.25) is 4.79 Å². The largest absolute Gasteiger partial charge is 0.573 e. The molecule has 0 fully saturated rings. The Hall–Kier alpha value is -1.64. The van der Waals surface area contributed by atoms with E-state index >= 15 is 0 Å². The first-order chi connectivity index (χ1) is 9.14. The number of rotatable bonds is 5. The van der Waals surface area contributed by atoms with Gasteiger partial charge in [-0.1, -0.05) is 0 Å². The summed E-state index contributed by atoms with van der Waals surface area (Å²) in [4.78, 5) is 13.8. The SMILES string of the molecule is O=C(O)Cc1nc(C(F)F)c(OC(F)(F)F)cc1CCl. The number of aromatic nitrogens is 1. The average Bonchev–Trinajstić information content (AvgIpc) is 2.27. The second kappa shape index (κ2) is 6.21. The van der Waals surface area contributed by atoms with Gasteiger partial charge in [-0.15, -0.1) is 24.8 Å². The predicted octanol–water partition coefficient (Wildman–Crippen LogP) is 3.28. The zero-order chi connectivity index (χ0) is 15.5. The number of carboxylic acids is 1. The normalized spacial score (nSPS) is 11.8. The van der Waals surface area contributed by atoms with Crippen molar-refractivity contribution in [3.8, 4) is 5.75 Å². The van der Waals surface area contributed by atoms with Crippen LogP contribution >= 0.6 is 11.6 Å². The minimum Gasteiger partial charge on any atom is -0.481 e. The Kier molecular flexibility index (Phi) is 5.09. The van der Waals surface area contributed by atoms with Gasteiger partial charge in [0.05, 0.1) is 12.1 Å². The van der Waals surface area contributed by atoms with Crippen molar-refractivity contribution in [2.75, 3.05) is 0 Å². The van der Waals surface area contributed by atoms with Crippen LogP contribution in [0.2, 0.25) is 0 Å². The lowest BCUT2D eigenvalue weighted by Gasteiger charge is -2.15. The van der Waals surface area contributed by atoms with Gasteiger partial charge in [0.1, 0.15) is 5.69 Å². The van der Waals surface area contributed by atoms with Crippen LogP contribution in [0.15, 0.2) is 6.07 Å². The Morgan fingerprint density at radius 3 is 2.45 bits per heavy atom. The lowest BCUT2D eigenvalue weighted by atomic mass is 10.1. The number of hydrogen-bond acceptors (Lipinski definition) is 3. The van der Waals surface area contributed by atoms with Crippen LogP contribution in [-0.2, 0) is 17.1 Å². The summed E-state index contributed by atoms with van der Waals surface area (Å²) in [5, 5.41) is 8.59. The summed E-state index contributed by atoms with van der Waals surface area (Å²) in [6, 6.07) is 0.618. The van der Waals surface area contributed by atoms with Gasteiger partial charge < -0.3 is 9.84 Å². The molecule has 0 aliphatic heterocycles. The monoisotopic (exact) mass is 319 g/mol. The molecule has 1 N–H and O–H groups in total. The van der Waals surface area contributed by atoms with Crippen molar-refractivity contribution in [2.24, 2.45) is 0 Å². The van der Waals surface area contributed by atoms with Gasteiger partial charge in [0.2, 0.25) is 0 Å². The molecule has 0 atom stereocenters. The van der Waals surface area contributed by atoms with E-state index in [2.05, 4.69) is 9.72 Å². The topological polar surface area (TPSA) is 59.4 Å². The molecule has 0 aliphatic carbocycles. The summed E-state index contributed by atoms with van der Waals surface area (Å²) < 4.78 is 65.1. The summed E-state index contributed by atoms with van der Waals surface area (Å²) in [5.74, 6) is -2.97. The van der Waals surface area contributed by atoms with Crippen LogP contribution < -0.4 is 4.74 Å². The third kappa shape index (κ3) is 4.48. The molecule has 0 amide bonds. The molecule has 1 rings (SSSR count). The first-order valence-corrected chi connectivity index (χ1v) is 5.52. The molecule has 1 aromatic rings. The zero-order valence-electron chi connectivity index (χ0n) is 9.55. The van der Waals surface area contributed by atoms with Crippen molar-refractivity contribution in [3.05, 3.63) is 23.0 Å². The van der Waals surface area contributed by atoms with Gasteiger partial charge in [-0.25, -0.2) is 13.8 Å². The molecule has 1 aromatic heterocycles. The van der Waals surface area contributed by atoms with E-state index in [0.717, 1.165) is 0 Å². The Morgan fingerprint density at radius 1 is 1.45 bits per heavy atom. The number of aliphatic carboxylic acids is 1. The van der Waals surface area contributed by atoms with Crippen molar-refractivity contribution < 1.29 is 36.6 Å². The van der Waals surface area contributed by atoms with E-state index in [1.807, 2.05) is 0 Å². The molecule has 4 nitrogen and oxygen atoms in total. The van der Waals surface area contributed by atoms with E-state index in [4.69, 9.17) is 16.7 Å². The third-order valence-corrected chi connectivity index (χ3v) is 2.37. The fourth-order valence-electron chi connectivity index (χ4n) is 1.36. The quantitative estimate of drug-likeness (QED) is 0.668. The highest BCUT2D eigenvalue weighted by Crippen LogP contribution is 2.33. The molecule has 0 radical (unpaired) electrons. The smallest absolute Gasteiger partial charge is 0.481 e. The van der Waals surface area contributed by atoms with Crippen molar-refractivity contribution in [3.63, 3.8) is 0 Å². The highest BCUT2D eigenvalue weighted by Gasteiger charge is 2.34. The van der Waals surface area contributed by atoms with Crippen molar-refractivity contribution in [1.29, 1.82) is 0 Å². The summed E-state index contributed by atoms with van der Waals surface area (Å²) in [5.41, 5.74) is -1.75. The maximum absolute atomic E-state index is 12.7. The lowest BCUT2D eigenvalue weighted by Crippen LogP contribution is -2.19. The average molecular weight is 320 g/mol. The van der Waals surface area contributed by atoms with Gasteiger partial charge in [0.25, 0.3) is 6.43 Å². The Morgan fingerprint density at radius 2 is 2.05 bits per heavy atom. The Labute approximate surface area is 114 Å². The number of nitrogens with zero attached hydrogens (tertiary/aromatic N) is 1. The van der Waals surface area contributed by atoms with Crippen LogP contribution in [0.25, 0.3) is 0 Å². The molecule has 20 heavy (non-hydrogen) atoms. The van der Waals surface area contributed by atoms with Gasteiger partial charge >= 0.3 is 12.3 Å². The fourth-order valence-corrected chi connectivity index (χ4v) is 1.59. The summed E-state index contributed by atoms with van der Waals surface area (Å²) in [6.07, 6.45) is -9.28.